The molecule has 0 aliphatic carbocycles. The largest absolute Gasteiger partial charge is 0.456 e. The fourth-order valence-electron chi connectivity index (χ4n) is 4.82. The minimum absolute atomic E-state index is 0.576. The molecule has 5 aromatic rings. The van der Waals surface area contributed by atoms with E-state index in [4.69, 9.17) is 9.47 Å². The van der Waals surface area contributed by atoms with Gasteiger partial charge in [-0.1, -0.05) is 48.5 Å². The molecule has 0 saturated heterocycles. The molecule has 3 heterocycles. The zero-order valence-corrected chi connectivity index (χ0v) is 18.9. The third-order valence-electron chi connectivity index (χ3n) is 6.36. The van der Waals surface area contributed by atoms with Crippen molar-refractivity contribution in [2.24, 2.45) is 0 Å². The van der Waals surface area contributed by atoms with Gasteiger partial charge in [0.1, 0.15) is 28.3 Å². The predicted molar refractivity (Wildman–Crippen MR) is 135 cm³/mol. The Kier molecular flexibility index (Phi) is 4.08. The van der Waals surface area contributed by atoms with Crippen molar-refractivity contribution < 1.29 is 14.0 Å². The summed E-state index contributed by atoms with van der Waals surface area (Å²) in [6, 6.07) is 33.2. The Morgan fingerprint density at radius 2 is 1.18 bits per heavy atom. The van der Waals surface area contributed by atoms with Gasteiger partial charge in [-0.25, -0.2) is 0 Å². The number of fused-ring (bicyclic) bond motifs is 4. The molecule has 0 N–H and O–H groups in total. The Bertz CT molecular complexity index is 1570. The number of rotatable bonds is 2. The molecule has 2 aliphatic heterocycles. The molecular formula is C29H18NO3P. The smallest absolute Gasteiger partial charge is 0.185 e. The zero-order valence-electron chi connectivity index (χ0n) is 18.0. The first-order valence-electron chi connectivity index (χ1n) is 11.1. The Labute approximate surface area is 196 Å². The maximum absolute atomic E-state index is 14.9. The first-order chi connectivity index (χ1) is 16.7. The summed E-state index contributed by atoms with van der Waals surface area (Å²) in [5.41, 5.74) is 3.86. The molecule has 0 amide bonds. The quantitative estimate of drug-likeness (QED) is 0.286. The van der Waals surface area contributed by atoms with E-state index in [1.807, 2.05) is 97.1 Å². The highest BCUT2D eigenvalue weighted by Gasteiger charge is 2.46. The van der Waals surface area contributed by atoms with Crippen molar-refractivity contribution >= 4 is 23.1 Å². The highest BCUT2D eigenvalue weighted by atomic mass is 31.2. The fraction of sp³-hybridized carbons (Fsp3) is 0. The number of para-hydroxylation sites is 2. The summed E-state index contributed by atoms with van der Waals surface area (Å²) in [6.07, 6.45) is 1.79. The number of benzene rings is 4. The molecule has 5 heteroatoms. The van der Waals surface area contributed by atoms with Gasteiger partial charge in [0.2, 0.25) is 0 Å². The number of aromatic nitrogens is 1. The lowest BCUT2D eigenvalue weighted by molar-refractivity contribution is 0.462. The van der Waals surface area contributed by atoms with E-state index in [2.05, 4.69) is 11.1 Å². The number of pyridine rings is 1. The van der Waals surface area contributed by atoms with Gasteiger partial charge in [-0.3, -0.25) is 4.98 Å². The lowest BCUT2D eigenvalue weighted by Gasteiger charge is -2.34. The van der Waals surface area contributed by atoms with E-state index in [0.717, 1.165) is 22.4 Å². The molecule has 0 fully saturated rings. The third kappa shape index (κ3) is 2.73. The fourth-order valence-corrected chi connectivity index (χ4v) is 7.86. The van der Waals surface area contributed by atoms with Gasteiger partial charge >= 0.3 is 0 Å². The van der Waals surface area contributed by atoms with Gasteiger partial charge in [-0.2, -0.15) is 0 Å². The monoisotopic (exact) mass is 459 g/mol. The number of nitrogens with zero attached hydrogens (tertiary/aromatic N) is 1. The standard InChI is InChI=1S/C29H18NO3P/c31-34-27-13-3-1-11-23(27)32-25-17-21(18-26(29(25)34)33-24-12-2-4-14-28(24)34)19-8-7-9-20(16-19)22-10-5-6-15-30-22/h1-18H. The lowest BCUT2D eigenvalue weighted by Crippen LogP contribution is -2.35. The van der Waals surface area contributed by atoms with Crippen LogP contribution in [-0.4, -0.2) is 4.98 Å². The third-order valence-corrected chi connectivity index (χ3v) is 9.53. The zero-order chi connectivity index (χ0) is 22.7. The van der Waals surface area contributed by atoms with Crippen LogP contribution in [0.25, 0.3) is 22.4 Å². The molecule has 4 nitrogen and oxygen atoms in total. The SMILES string of the molecule is O=P12c3ccccc3Oc3cc(-c4cccc(-c5ccccn5)c4)cc(c31)Oc1ccccc12. The van der Waals surface area contributed by atoms with E-state index in [1.165, 1.54) is 0 Å². The Hall–Kier alpha value is -4.14. The number of hydrogen-bond acceptors (Lipinski definition) is 4. The van der Waals surface area contributed by atoms with Crippen molar-refractivity contribution in [2.45, 2.75) is 0 Å². The minimum Gasteiger partial charge on any atom is -0.456 e. The number of hydrogen-bond donors (Lipinski definition) is 0. The first-order valence-corrected chi connectivity index (χ1v) is 12.8. The summed E-state index contributed by atoms with van der Waals surface area (Å²) in [7, 11) is -3.14. The molecule has 0 unspecified atom stereocenters. The maximum Gasteiger partial charge on any atom is 0.185 e. The molecular weight excluding hydrogens is 441 g/mol. The molecule has 4 aromatic carbocycles. The van der Waals surface area contributed by atoms with E-state index in [-0.39, 0.29) is 0 Å². The maximum atomic E-state index is 14.9. The molecule has 0 radical (unpaired) electrons. The van der Waals surface area contributed by atoms with Crippen molar-refractivity contribution in [2.75, 3.05) is 0 Å². The molecule has 2 aliphatic rings. The lowest BCUT2D eigenvalue weighted by atomic mass is 10.0. The Balaban J connectivity index is 1.46. The Morgan fingerprint density at radius 3 is 1.82 bits per heavy atom. The van der Waals surface area contributed by atoms with Crippen molar-refractivity contribution in [1.82, 2.24) is 4.98 Å². The van der Waals surface area contributed by atoms with E-state index < -0.39 is 7.14 Å². The van der Waals surface area contributed by atoms with Crippen LogP contribution in [0.3, 0.4) is 0 Å². The van der Waals surface area contributed by atoms with E-state index in [1.54, 1.807) is 6.20 Å². The second kappa shape index (κ2) is 7.18. The van der Waals surface area contributed by atoms with Crippen molar-refractivity contribution in [3.63, 3.8) is 0 Å². The molecule has 0 atom stereocenters. The van der Waals surface area contributed by atoms with Crippen LogP contribution in [0.5, 0.6) is 23.0 Å². The van der Waals surface area contributed by atoms with Crippen LogP contribution in [-0.2, 0) is 4.57 Å². The van der Waals surface area contributed by atoms with Gasteiger partial charge in [0.25, 0.3) is 0 Å². The highest BCUT2D eigenvalue weighted by Crippen LogP contribution is 2.58. The summed E-state index contributed by atoms with van der Waals surface area (Å²) >= 11 is 0. The second-order valence-corrected chi connectivity index (χ2v) is 11.0. The Morgan fingerprint density at radius 1 is 0.559 bits per heavy atom. The van der Waals surface area contributed by atoms with Crippen molar-refractivity contribution in [3.8, 4) is 45.4 Å². The van der Waals surface area contributed by atoms with Gasteiger partial charge in [-0.15, -0.1) is 0 Å². The van der Waals surface area contributed by atoms with E-state index in [9.17, 15) is 4.57 Å². The number of ether oxygens (including phenoxy) is 2. The van der Waals surface area contributed by atoms with Crippen molar-refractivity contribution in [1.29, 1.82) is 0 Å². The van der Waals surface area contributed by atoms with Crippen LogP contribution in [0.2, 0.25) is 0 Å². The molecule has 162 valence electrons. The summed E-state index contributed by atoms with van der Waals surface area (Å²) in [5.74, 6) is 2.40. The van der Waals surface area contributed by atoms with Crippen molar-refractivity contribution in [3.05, 3.63) is 109 Å². The van der Waals surface area contributed by atoms with Crippen LogP contribution in [0.1, 0.15) is 0 Å². The predicted octanol–water partition coefficient (Wildman–Crippen LogP) is 6.27. The first kappa shape index (κ1) is 19.3. The van der Waals surface area contributed by atoms with Crippen LogP contribution in [0.15, 0.2) is 109 Å². The second-order valence-electron chi connectivity index (χ2n) is 8.37. The normalized spacial score (nSPS) is 14.1. The van der Waals surface area contributed by atoms with Gasteiger partial charge < -0.3 is 14.0 Å². The molecule has 7 rings (SSSR count). The molecule has 0 spiro atoms. The van der Waals surface area contributed by atoms with Crippen LogP contribution in [0, 0.1) is 0 Å². The highest BCUT2D eigenvalue weighted by molar-refractivity contribution is 7.86. The van der Waals surface area contributed by atoms with Crippen LogP contribution >= 0.6 is 7.14 Å². The van der Waals surface area contributed by atoms with Crippen LogP contribution < -0.4 is 25.4 Å². The van der Waals surface area contributed by atoms with Gasteiger partial charge in [0.15, 0.2) is 7.14 Å². The van der Waals surface area contributed by atoms with Gasteiger partial charge in [0.05, 0.1) is 16.3 Å². The topological polar surface area (TPSA) is 48.4 Å². The summed E-state index contributed by atoms with van der Waals surface area (Å²) in [5, 5.41) is 2.06. The minimum atomic E-state index is -3.14. The molecule has 1 aromatic heterocycles. The molecule has 0 saturated carbocycles. The van der Waals surface area contributed by atoms with Gasteiger partial charge in [-0.05, 0) is 65.7 Å². The average Bonchev–Trinajstić information content (AvgIpc) is 2.89. The molecule has 34 heavy (non-hydrogen) atoms. The molecule has 0 bridgehead atoms. The summed E-state index contributed by atoms with van der Waals surface area (Å²) in [4.78, 5) is 4.48. The summed E-state index contributed by atoms with van der Waals surface area (Å²) in [6.45, 7) is 0. The van der Waals surface area contributed by atoms with Crippen LogP contribution in [0.4, 0.5) is 0 Å². The average molecular weight is 459 g/mol. The van der Waals surface area contributed by atoms with E-state index >= 15 is 0 Å². The van der Waals surface area contributed by atoms with E-state index in [0.29, 0.717) is 38.9 Å². The summed E-state index contributed by atoms with van der Waals surface area (Å²) < 4.78 is 27.5. The van der Waals surface area contributed by atoms with Gasteiger partial charge in [0, 0.05) is 11.8 Å².